The van der Waals surface area contributed by atoms with Gasteiger partial charge in [-0.3, -0.25) is 4.90 Å². The third-order valence-corrected chi connectivity index (χ3v) is 6.52. The fourth-order valence-electron chi connectivity index (χ4n) is 5.26. The van der Waals surface area contributed by atoms with Crippen molar-refractivity contribution in [2.75, 3.05) is 0 Å². The Morgan fingerprint density at radius 2 is 1.67 bits per heavy atom. The van der Waals surface area contributed by atoms with Crippen LogP contribution in [0.1, 0.15) is 67.3 Å². The van der Waals surface area contributed by atoms with E-state index in [1.807, 2.05) is 0 Å². The number of nitrogens with zero attached hydrogens (tertiary/aromatic N) is 1. The molecule has 0 saturated carbocycles. The summed E-state index contributed by atoms with van der Waals surface area (Å²) in [5, 5.41) is 0. The molecule has 27 heavy (non-hydrogen) atoms. The molecule has 142 valence electrons. The number of hydrogen-bond acceptors (Lipinski definition) is 1. The van der Waals surface area contributed by atoms with Crippen LogP contribution in [0.15, 0.2) is 48.5 Å². The standard InChI is InChI=1S/C26H33N/c1-4-21-14-19(3)15-22(5-2)26(21)23-16-24-12-9-13-25(17-23)27(24)18-20-10-7-6-8-11-20/h6-8,10-11,14-16,24-25H,4-5,9,12-13,17-18H2,1-3H3. The van der Waals surface area contributed by atoms with Gasteiger partial charge in [-0.2, -0.15) is 0 Å². The molecule has 0 spiro atoms. The number of piperidine rings is 1. The highest BCUT2D eigenvalue weighted by Crippen LogP contribution is 2.40. The summed E-state index contributed by atoms with van der Waals surface area (Å²) in [4.78, 5) is 2.77. The molecule has 0 N–H and O–H groups in total. The topological polar surface area (TPSA) is 3.24 Å². The summed E-state index contributed by atoms with van der Waals surface area (Å²) in [6.45, 7) is 7.95. The van der Waals surface area contributed by atoms with Crippen molar-refractivity contribution in [2.24, 2.45) is 0 Å². The third kappa shape index (κ3) is 3.75. The zero-order valence-corrected chi connectivity index (χ0v) is 17.2. The molecule has 2 bridgehead atoms. The van der Waals surface area contributed by atoms with Crippen molar-refractivity contribution >= 4 is 5.57 Å². The first-order chi connectivity index (χ1) is 13.2. The van der Waals surface area contributed by atoms with Crippen molar-refractivity contribution in [3.05, 3.63) is 76.4 Å². The molecule has 2 heterocycles. The molecule has 2 atom stereocenters. The highest BCUT2D eigenvalue weighted by molar-refractivity contribution is 5.73. The summed E-state index contributed by atoms with van der Waals surface area (Å²) in [5.41, 5.74) is 9.17. The van der Waals surface area contributed by atoms with E-state index in [9.17, 15) is 0 Å². The first kappa shape index (κ1) is 18.5. The van der Waals surface area contributed by atoms with Gasteiger partial charge in [0.05, 0.1) is 0 Å². The fraction of sp³-hybridized carbons (Fsp3) is 0.462. The van der Waals surface area contributed by atoms with Crippen LogP contribution in [0.2, 0.25) is 0 Å². The molecule has 0 aliphatic carbocycles. The second-order valence-corrected chi connectivity index (χ2v) is 8.37. The molecule has 2 aliphatic rings. The molecule has 0 aromatic heterocycles. The minimum Gasteiger partial charge on any atom is -0.289 e. The molecule has 0 radical (unpaired) electrons. The van der Waals surface area contributed by atoms with E-state index in [0.29, 0.717) is 12.1 Å². The van der Waals surface area contributed by atoms with Gasteiger partial charge in [-0.05, 0) is 66.9 Å². The number of benzene rings is 2. The number of hydrogen-bond donors (Lipinski definition) is 0. The smallest absolute Gasteiger partial charge is 0.0290 e. The summed E-state index contributed by atoms with van der Waals surface area (Å²) in [7, 11) is 0. The van der Waals surface area contributed by atoms with Crippen LogP contribution in [0.3, 0.4) is 0 Å². The quantitative estimate of drug-likeness (QED) is 0.603. The van der Waals surface area contributed by atoms with Gasteiger partial charge in [0.15, 0.2) is 0 Å². The molecule has 2 aromatic carbocycles. The second-order valence-electron chi connectivity index (χ2n) is 8.37. The zero-order chi connectivity index (χ0) is 18.8. The van der Waals surface area contributed by atoms with Crippen molar-refractivity contribution in [2.45, 2.75) is 77.9 Å². The largest absolute Gasteiger partial charge is 0.289 e. The lowest BCUT2D eigenvalue weighted by Crippen LogP contribution is -2.47. The van der Waals surface area contributed by atoms with Crippen LogP contribution in [0.25, 0.3) is 5.57 Å². The predicted octanol–water partition coefficient (Wildman–Crippen LogP) is 6.33. The van der Waals surface area contributed by atoms with Crippen LogP contribution in [0, 0.1) is 6.92 Å². The molecule has 4 rings (SSSR count). The summed E-state index contributed by atoms with van der Waals surface area (Å²) in [5.74, 6) is 0. The molecule has 1 nitrogen and oxygen atoms in total. The Bertz CT molecular complexity index is 792. The van der Waals surface area contributed by atoms with Crippen molar-refractivity contribution < 1.29 is 0 Å². The van der Waals surface area contributed by atoms with Gasteiger partial charge in [0, 0.05) is 18.6 Å². The normalized spacial score (nSPS) is 22.6. The minimum atomic E-state index is 0.600. The number of aryl methyl sites for hydroxylation is 3. The maximum absolute atomic E-state index is 2.77. The van der Waals surface area contributed by atoms with E-state index in [0.717, 1.165) is 19.4 Å². The molecule has 2 aromatic rings. The Kier molecular flexibility index (Phi) is 5.50. The lowest BCUT2D eigenvalue weighted by molar-refractivity contribution is 0.0951. The average molecular weight is 360 g/mol. The van der Waals surface area contributed by atoms with Crippen molar-refractivity contribution in [3.63, 3.8) is 0 Å². The first-order valence-electron chi connectivity index (χ1n) is 10.8. The second kappa shape index (κ2) is 8.02. The number of fused-ring (bicyclic) bond motifs is 2. The molecular formula is C26H33N. The summed E-state index contributed by atoms with van der Waals surface area (Å²) >= 11 is 0. The van der Waals surface area contributed by atoms with E-state index < -0.39 is 0 Å². The van der Waals surface area contributed by atoms with Gasteiger partial charge in [-0.25, -0.2) is 0 Å². The van der Waals surface area contributed by atoms with Crippen molar-refractivity contribution in [1.82, 2.24) is 4.90 Å². The van der Waals surface area contributed by atoms with E-state index in [2.05, 4.69) is 74.2 Å². The Hall–Kier alpha value is -1.86. The van der Waals surface area contributed by atoms with E-state index in [4.69, 9.17) is 0 Å². The van der Waals surface area contributed by atoms with E-state index >= 15 is 0 Å². The van der Waals surface area contributed by atoms with Crippen LogP contribution in [0.5, 0.6) is 0 Å². The zero-order valence-electron chi connectivity index (χ0n) is 17.2. The lowest BCUT2D eigenvalue weighted by atomic mass is 9.79. The maximum atomic E-state index is 2.77. The SMILES string of the molecule is CCc1cc(C)cc(CC)c1C1=CC2CCCC(C1)N2Cc1ccccc1. The molecular weight excluding hydrogens is 326 g/mol. The van der Waals surface area contributed by atoms with Crippen LogP contribution in [-0.4, -0.2) is 17.0 Å². The Labute approximate surface area is 165 Å². The van der Waals surface area contributed by atoms with Crippen LogP contribution < -0.4 is 0 Å². The van der Waals surface area contributed by atoms with Crippen LogP contribution in [-0.2, 0) is 19.4 Å². The van der Waals surface area contributed by atoms with Gasteiger partial charge in [-0.15, -0.1) is 0 Å². The summed E-state index contributed by atoms with van der Waals surface area (Å²) in [6, 6.07) is 17.1. The third-order valence-electron chi connectivity index (χ3n) is 6.52. The summed E-state index contributed by atoms with van der Waals surface area (Å²) in [6.07, 6.45) is 10.1. The molecule has 0 amide bonds. The predicted molar refractivity (Wildman–Crippen MR) is 116 cm³/mol. The van der Waals surface area contributed by atoms with Gasteiger partial charge in [0.25, 0.3) is 0 Å². The Morgan fingerprint density at radius 1 is 0.963 bits per heavy atom. The van der Waals surface area contributed by atoms with Crippen molar-refractivity contribution in [1.29, 1.82) is 0 Å². The Morgan fingerprint density at radius 3 is 2.30 bits per heavy atom. The molecule has 1 fully saturated rings. The van der Waals surface area contributed by atoms with E-state index in [1.54, 1.807) is 22.3 Å². The highest BCUT2D eigenvalue weighted by atomic mass is 15.2. The minimum absolute atomic E-state index is 0.600. The fourth-order valence-corrected chi connectivity index (χ4v) is 5.26. The van der Waals surface area contributed by atoms with Gasteiger partial charge in [-0.1, -0.05) is 74.4 Å². The first-order valence-corrected chi connectivity index (χ1v) is 10.8. The molecule has 2 aliphatic heterocycles. The van der Waals surface area contributed by atoms with Crippen LogP contribution in [0.4, 0.5) is 0 Å². The molecule has 1 heteroatoms. The molecule has 2 unspecified atom stereocenters. The highest BCUT2D eigenvalue weighted by Gasteiger charge is 2.34. The van der Waals surface area contributed by atoms with Gasteiger partial charge >= 0.3 is 0 Å². The molecule has 1 saturated heterocycles. The lowest BCUT2D eigenvalue weighted by Gasteiger charge is -2.45. The van der Waals surface area contributed by atoms with E-state index in [1.165, 1.54) is 36.8 Å². The number of rotatable bonds is 5. The monoisotopic (exact) mass is 359 g/mol. The van der Waals surface area contributed by atoms with E-state index in [-0.39, 0.29) is 0 Å². The van der Waals surface area contributed by atoms with Crippen molar-refractivity contribution in [3.8, 4) is 0 Å². The average Bonchev–Trinajstić information content (AvgIpc) is 2.68. The van der Waals surface area contributed by atoms with Gasteiger partial charge in [0.1, 0.15) is 0 Å². The van der Waals surface area contributed by atoms with Gasteiger partial charge < -0.3 is 0 Å². The summed E-state index contributed by atoms with van der Waals surface area (Å²) < 4.78 is 0. The van der Waals surface area contributed by atoms with Gasteiger partial charge in [0.2, 0.25) is 0 Å². The van der Waals surface area contributed by atoms with Crippen LogP contribution >= 0.6 is 0 Å². The Balaban J connectivity index is 1.69. The maximum Gasteiger partial charge on any atom is 0.0290 e.